The van der Waals surface area contributed by atoms with E-state index in [9.17, 15) is 18.5 Å². The molecule has 1 aromatic heterocycles. The zero-order valence-corrected chi connectivity index (χ0v) is 14.5. The lowest BCUT2D eigenvalue weighted by Crippen LogP contribution is -2.02. The Kier molecular flexibility index (Phi) is 5.52. The Labute approximate surface area is 142 Å². The van der Waals surface area contributed by atoms with Crippen LogP contribution in [0.4, 0.5) is 5.69 Å². The second kappa shape index (κ2) is 7.41. The second-order valence-corrected chi connectivity index (χ2v) is 7.21. The predicted octanol–water partition coefficient (Wildman–Crippen LogP) is 2.87. The minimum absolute atomic E-state index is 0.0109. The van der Waals surface area contributed by atoms with Crippen LogP contribution in [0.25, 0.3) is 0 Å². The highest BCUT2D eigenvalue weighted by atomic mass is 32.2. The van der Waals surface area contributed by atoms with Gasteiger partial charge in [-0.05, 0) is 24.4 Å². The van der Waals surface area contributed by atoms with Gasteiger partial charge < -0.3 is 9.47 Å². The molecular formula is C14H14N2O6S2. The van der Waals surface area contributed by atoms with Crippen LogP contribution in [0.2, 0.25) is 0 Å². The number of nitro groups is 1. The SMILES string of the molecule is CCOc1c(OC)cc(/C=N\S(=O)(=O)c2cccs2)cc1[N+](=O)[O-]. The standard InChI is InChI=1S/C14H14N2O6S2/c1-3-22-14-11(16(17)18)7-10(8-12(14)21-2)9-15-24(19,20)13-5-4-6-23-13/h4-9H,3H2,1-2H3/b15-9-. The molecule has 0 N–H and O–H groups in total. The number of sulfonamides is 1. The first-order chi connectivity index (χ1) is 11.4. The molecule has 8 nitrogen and oxygen atoms in total. The fraction of sp³-hybridized carbons (Fsp3) is 0.214. The predicted molar refractivity (Wildman–Crippen MR) is 89.9 cm³/mol. The van der Waals surface area contributed by atoms with Gasteiger partial charge in [-0.15, -0.1) is 11.3 Å². The highest BCUT2D eigenvalue weighted by Gasteiger charge is 2.22. The summed E-state index contributed by atoms with van der Waals surface area (Å²) in [4.78, 5) is 10.6. The number of benzene rings is 1. The lowest BCUT2D eigenvalue weighted by Gasteiger charge is -2.10. The van der Waals surface area contributed by atoms with E-state index in [1.807, 2.05) is 0 Å². The first kappa shape index (κ1) is 17.9. The maximum Gasteiger partial charge on any atom is 0.315 e. The zero-order chi connectivity index (χ0) is 17.7. The van der Waals surface area contributed by atoms with E-state index in [4.69, 9.17) is 9.47 Å². The normalized spacial score (nSPS) is 11.6. The third-order valence-corrected chi connectivity index (χ3v) is 5.46. The summed E-state index contributed by atoms with van der Waals surface area (Å²) >= 11 is 1.04. The average Bonchev–Trinajstić information content (AvgIpc) is 3.09. The van der Waals surface area contributed by atoms with E-state index in [0.29, 0.717) is 0 Å². The molecule has 0 spiro atoms. The minimum Gasteiger partial charge on any atom is -0.493 e. The molecular weight excluding hydrogens is 356 g/mol. The van der Waals surface area contributed by atoms with Crippen molar-refractivity contribution in [1.82, 2.24) is 0 Å². The smallest absolute Gasteiger partial charge is 0.315 e. The van der Waals surface area contributed by atoms with E-state index in [0.717, 1.165) is 17.6 Å². The van der Waals surface area contributed by atoms with Crippen LogP contribution in [0.1, 0.15) is 12.5 Å². The Balaban J connectivity index is 2.46. The molecule has 0 saturated heterocycles. The largest absolute Gasteiger partial charge is 0.493 e. The van der Waals surface area contributed by atoms with Gasteiger partial charge in [0, 0.05) is 17.8 Å². The highest BCUT2D eigenvalue weighted by molar-refractivity contribution is 7.92. The average molecular weight is 370 g/mol. The van der Waals surface area contributed by atoms with Crippen molar-refractivity contribution in [3.8, 4) is 11.5 Å². The van der Waals surface area contributed by atoms with Gasteiger partial charge >= 0.3 is 5.69 Å². The van der Waals surface area contributed by atoms with E-state index < -0.39 is 14.9 Å². The molecule has 0 bridgehead atoms. The molecule has 2 aromatic rings. The number of methoxy groups -OCH3 is 1. The molecule has 0 saturated carbocycles. The van der Waals surface area contributed by atoms with Crippen LogP contribution in [-0.2, 0) is 10.0 Å². The Morgan fingerprint density at radius 3 is 2.71 bits per heavy atom. The van der Waals surface area contributed by atoms with Gasteiger partial charge in [-0.1, -0.05) is 6.07 Å². The lowest BCUT2D eigenvalue weighted by molar-refractivity contribution is -0.385. The Hall–Kier alpha value is -2.46. The number of hydrogen-bond donors (Lipinski definition) is 0. The number of thiophene rings is 1. The van der Waals surface area contributed by atoms with Gasteiger partial charge in [-0.2, -0.15) is 12.8 Å². The molecule has 0 unspecified atom stereocenters. The van der Waals surface area contributed by atoms with Gasteiger partial charge in [0.25, 0.3) is 10.0 Å². The van der Waals surface area contributed by atoms with Crippen LogP contribution >= 0.6 is 11.3 Å². The molecule has 0 aliphatic heterocycles. The van der Waals surface area contributed by atoms with Crippen LogP contribution in [0.3, 0.4) is 0 Å². The number of ether oxygens (including phenoxy) is 2. The molecule has 24 heavy (non-hydrogen) atoms. The zero-order valence-electron chi connectivity index (χ0n) is 12.8. The molecule has 128 valence electrons. The summed E-state index contributed by atoms with van der Waals surface area (Å²) in [5, 5.41) is 12.8. The molecule has 1 heterocycles. The van der Waals surface area contributed by atoms with E-state index in [2.05, 4.69) is 4.40 Å². The molecule has 0 aliphatic rings. The van der Waals surface area contributed by atoms with Crippen molar-refractivity contribution in [2.75, 3.05) is 13.7 Å². The van der Waals surface area contributed by atoms with Gasteiger partial charge in [-0.3, -0.25) is 10.1 Å². The summed E-state index contributed by atoms with van der Waals surface area (Å²) < 4.78 is 38.1. The van der Waals surface area contributed by atoms with Gasteiger partial charge in [0.05, 0.1) is 18.6 Å². The molecule has 0 aliphatic carbocycles. The van der Waals surface area contributed by atoms with Gasteiger partial charge in [0.2, 0.25) is 5.75 Å². The number of rotatable bonds is 7. The number of hydrogen-bond acceptors (Lipinski definition) is 7. The van der Waals surface area contributed by atoms with Crippen LogP contribution < -0.4 is 9.47 Å². The van der Waals surface area contributed by atoms with Gasteiger partial charge in [0.1, 0.15) is 4.21 Å². The van der Waals surface area contributed by atoms with Crippen molar-refractivity contribution in [3.63, 3.8) is 0 Å². The van der Waals surface area contributed by atoms with E-state index in [1.54, 1.807) is 18.4 Å². The summed E-state index contributed by atoms with van der Waals surface area (Å²) in [6.45, 7) is 1.91. The second-order valence-electron chi connectivity index (χ2n) is 4.40. The molecule has 1 aromatic carbocycles. The first-order valence-electron chi connectivity index (χ1n) is 6.72. The molecule has 0 amide bonds. The van der Waals surface area contributed by atoms with Gasteiger partial charge in [-0.25, -0.2) is 0 Å². The van der Waals surface area contributed by atoms with Crippen molar-refractivity contribution in [1.29, 1.82) is 0 Å². The van der Waals surface area contributed by atoms with E-state index in [1.165, 1.54) is 25.3 Å². The van der Waals surface area contributed by atoms with Crippen molar-refractivity contribution in [3.05, 3.63) is 45.3 Å². The topological polar surface area (TPSA) is 108 Å². The molecule has 0 atom stereocenters. The Morgan fingerprint density at radius 2 is 2.17 bits per heavy atom. The Morgan fingerprint density at radius 1 is 1.42 bits per heavy atom. The fourth-order valence-electron chi connectivity index (χ4n) is 1.85. The summed E-state index contributed by atoms with van der Waals surface area (Å²) in [6, 6.07) is 5.63. The molecule has 10 heteroatoms. The lowest BCUT2D eigenvalue weighted by atomic mass is 10.2. The van der Waals surface area contributed by atoms with Crippen molar-refractivity contribution < 1.29 is 22.8 Å². The van der Waals surface area contributed by atoms with Crippen LogP contribution in [-0.4, -0.2) is 33.3 Å². The number of nitrogens with zero attached hydrogens (tertiary/aromatic N) is 2. The summed E-state index contributed by atoms with van der Waals surface area (Å²) in [6.07, 6.45) is 1.04. The molecule has 2 rings (SSSR count). The third kappa shape index (κ3) is 3.89. The summed E-state index contributed by atoms with van der Waals surface area (Å²) in [7, 11) is -2.50. The van der Waals surface area contributed by atoms with E-state index in [-0.39, 0.29) is 33.6 Å². The van der Waals surface area contributed by atoms with Crippen molar-refractivity contribution >= 4 is 33.3 Å². The minimum atomic E-state index is -3.84. The fourth-order valence-corrected chi connectivity index (χ4v) is 3.70. The van der Waals surface area contributed by atoms with Crippen LogP contribution in [0, 0.1) is 10.1 Å². The third-order valence-electron chi connectivity index (χ3n) is 2.85. The van der Waals surface area contributed by atoms with Crippen molar-refractivity contribution in [2.24, 2.45) is 4.40 Å². The molecule has 0 fully saturated rings. The van der Waals surface area contributed by atoms with Gasteiger partial charge in [0.15, 0.2) is 5.75 Å². The van der Waals surface area contributed by atoms with Crippen molar-refractivity contribution in [2.45, 2.75) is 11.1 Å². The highest BCUT2D eigenvalue weighted by Crippen LogP contribution is 2.38. The first-order valence-corrected chi connectivity index (χ1v) is 9.04. The monoisotopic (exact) mass is 370 g/mol. The quantitative estimate of drug-likeness (QED) is 0.421. The summed E-state index contributed by atoms with van der Waals surface area (Å²) in [5.41, 5.74) is -0.117. The maximum absolute atomic E-state index is 12.0. The van der Waals surface area contributed by atoms with Crippen LogP contribution in [0.15, 0.2) is 38.3 Å². The summed E-state index contributed by atoms with van der Waals surface area (Å²) in [5.74, 6) is 0.115. The van der Waals surface area contributed by atoms with Crippen LogP contribution in [0.5, 0.6) is 11.5 Å². The van der Waals surface area contributed by atoms with E-state index >= 15 is 0 Å². The molecule has 0 radical (unpaired) electrons. The Bertz CT molecular complexity index is 860. The maximum atomic E-state index is 12.0. The number of nitro benzene ring substituents is 1.